The molecule has 0 saturated heterocycles. The first kappa shape index (κ1) is 17.2. The Morgan fingerprint density at radius 2 is 1.90 bits per heavy atom. The number of hydrogen-bond acceptors (Lipinski definition) is 2. The van der Waals surface area contributed by atoms with Crippen LogP contribution >= 0.6 is 23.2 Å². The molecule has 0 aliphatic rings. The van der Waals surface area contributed by atoms with Gasteiger partial charge in [-0.3, -0.25) is 4.79 Å². The number of nitrogens with one attached hydrogen (secondary N) is 2. The summed E-state index contributed by atoms with van der Waals surface area (Å²) in [5, 5.41) is 6.34. The Labute approximate surface area is 128 Å². The third kappa shape index (κ3) is 5.27. The highest BCUT2D eigenvalue weighted by Crippen LogP contribution is 2.28. The van der Waals surface area contributed by atoms with Crippen molar-refractivity contribution in [1.29, 1.82) is 0 Å². The summed E-state index contributed by atoms with van der Waals surface area (Å²) in [7, 11) is 0. The summed E-state index contributed by atoms with van der Waals surface area (Å²) >= 11 is 11.7. The van der Waals surface area contributed by atoms with Gasteiger partial charge in [0.15, 0.2) is 0 Å². The minimum Gasteiger partial charge on any atom is -0.354 e. The Morgan fingerprint density at radius 1 is 1.25 bits per heavy atom. The van der Waals surface area contributed by atoms with E-state index in [1.165, 1.54) is 12.1 Å². The van der Waals surface area contributed by atoms with Crippen molar-refractivity contribution < 1.29 is 9.18 Å². The van der Waals surface area contributed by atoms with E-state index in [0.717, 1.165) is 0 Å². The van der Waals surface area contributed by atoms with Crippen LogP contribution in [0.15, 0.2) is 12.1 Å². The zero-order valence-corrected chi connectivity index (χ0v) is 13.3. The van der Waals surface area contributed by atoms with Gasteiger partial charge in [-0.05, 0) is 38.5 Å². The maximum Gasteiger partial charge on any atom is 0.221 e. The van der Waals surface area contributed by atoms with E-state index in [0.29, 0.717) is 23.6 Å². The number of hydrogen-bond donors (Lipinski definition) is 2. The predicted molar refractivity (Wildman–Crippen MR) is 80.7 cm³/mol. The van der Waals surface area contributed by atoms with Crippen molar-refractivity contribution in [1.82, 2.24) is 10.6 Å². The second kappa shape index (κ2) is 7.81. The normalized spacial score (nSPS) is 12.6. The Balaban J connectivity index is 2.53. The van der Waals surface area contributed by atoms with E-state index in [1.807, 2.05) is 20.8 Å². The predicted octanol–water partition coefficient (Wildman–Crippen LogP) is 3.70. The fourth-order valence-electron chi connectivity index (χ4n) is 1.78. The van der Waals surface area contributed by atoms with Gasteiger partial charge in [-0.2, -0.15) is 0 Å². The molecule has 1 unspecified atom stereocenters. The SMILES string of the molecule is CC(C)NC(=O)CCNC(C)c1cc(F)c(Cl)cc1Cl. The third-order valence-electron chi connectivity index (χ3n) is 2.76. The summed E-state index contributed by atoms with van der Waals surface area (Å²) in [6.45, 7) is 6.16. The zero-order chi connectivity index (χ0) is 15.3. The van der Waals surface area contributed by atoms with Crippen LogP contribution < -0.4 is 10.6 Å². The summed E-state index contributed by atoms with van der Waals surface area (Å²) in [4.78, 5) is 11.5. The Morgan fingerprint density at radius 3 is 2.50 bits per heavy atom. The lowest BCUT2D eigenvalue weighted by Crippen LogP contribution is -2.33. The maximum atomic E-state index is 13.4. The zero-order valence-electron chi connectivity index (χ0n) is 11.8. The molecular weight excluding hydrogens is 302 g/mol. The van der Waals surface area contributed by atoms with Gasteiger partial charge in [0.25, 0.3) is 0 Å². The quantitative estimate of drug-likeness (QED) is 0.785. The molecule has 20 heavy (non-hydrogen) atoms. The molecule has 1 atom stereocenters. The number of halogens is 3. The Hall–Kier alpha value is -0.840. The van der Waals surface area contributed by atoms with Crippen molar-refractivity contribution >= 4 is 29.1 Å². The van der Waals surface area contributed by atoms with E-state index in [9.17, 15) is 9.18 Å². The van der Waals surface area contributed by atoms with Crippen molar-refractivity contribution in [2.45, 2.75) is 39.3 Å². The first-order chi connectivity index (χ1) is 9.31. The van der Waals surface area contributed by atoms with Crippen LogP contribution in [0, 0.1) is 5.82 Å². The van der Waals surface area contributed by atoms with Crippen molar-refractivity contribution in [3.05, 3.63) is 33.6 Å². The van der Waals surface area contributed by atoms with Crippen molar-refractivity contribution in [2.75, 3.05) is 6.54 Å². The molecule has 0 fully saturated rings. The van der Waals surface area contributed by atoms with Crippen LogP contribution in [0.4, 0.5) is 4.39 Å². The second-order valence-electron chi connectivity index (χ2n) is 4.94. The van der Waals surface area contributed by atoms with Crippen LogP contribution in [-0.4, -0.2) is 18.5 Å². The molecule has 0 spiro atoms. The molecule has 1 aromatic rings. The molecule has 112 valence electrons. The maximum absolute atomic E-state index is 13.4. The van der Waals surface area contributed by atoms with Crippen LogP contribution in [0.1, 0.15) is 38.8 Å². The van der Waals surface area contributed by atoms with Crippen molar-refractivity contribution in [2.24, 2.45) is 0 Å². The molecule has 0 aliphatic carbocycles. The molecule has 1 rings (SSSR count). The molecular formula is C14H19Cl2FN2O. The Kier molecular flexibility index (Phi) is 6.72. The van der Waals surface area contributed by atoms with E-state index in [1.54, 1.807) is 0 Å². The summed E-state index contributed by atoms with van der Waals surface area (Å²) in [6.07, 6.45) is 0.357. The van der Waals surface area contributed by atoms with Crippen LogP contribution in [0.5, 0.6) is 0 Å². The van der Waals surface area contributed by atoms with E-state index in [-0.39, 0.29) is 23.0 Å². The summed E-state index contributed by atoms with van der Waals surface area (Å²) in [5.74, 6) is -0.523. The first-order valence-corrected chi connectivity index (χ1v) is 7.24. The molecule has 1 amide bonds. The summed E-state index contributed by atoms with van der Waals surface area (Å²) < 4.78 is 13.4. The molecule has 2 N–H and O–H groups in total. The van der Waals surface area contributed by atoms with Gasteiger partial charge in [0.05, 0.1) is 5.02 Å². The van der Waals surface area contributed by atoms with Gasteiger partial charge in [-0.25, -0.2) is 4.39 Å². The van der Waals surface area contributed by atoms with Crippen LogP contribution in [0.2, 0.25) is 10.0 Å². The smallest absolute Gasteiger partial charge is 0.221 e. The largest absolute Gasteiger partial charge is 0.354 e. The highest BCUT2D eigenvalue weighted by Gasteiger charge is 2.13. The molecule has 0 heterocycles. The van der Waals surface area contributed by atoms with E-state index < -0.39 is 5.82 Å². The molecule has 0 aliphatic heterocycles. The minimum absolute atomic E-state index is 0.00209. The summed E-state index contributed by atoms with van der Waals surface area (Å²) in [6, 6.07) is 2.66. The lowest BCUT2D eigenvalue weighted by molar-refractivity contribution is -0.121. The number of carbonyl (C=O) groups excluding carboxylic acids is 1. The van der Waals surface area contributed by atoms with Gasteiger partial charge in [0, 0.05) is 30.1 Å². The summed E-state index contributed by atoms with van der Waals surface area (Å²) in [5.41, 5.74) is 0.623. The van der Waals surface area contributed by atoms with Gasteiger partial charge in [-0.1, -0.05) is 23.2 Å². The number of carbonyl (C=O) groups is 1. The average Bonchev–Trinajstić information content (AvgIpc) is 2.32. The number of amides is 1. The van der Waals surface area contributed by atoms with Gasteiger partial charge in [0.2, 0.25) is 5.91 Å². The molecule has 0 radical (unpaired) electrons. The minimum atomic E-state index is -0.503. The third-order valence-corrected chi connectivity index (χ3v) is 3.38. The van der Waals surface area contributed by atoms with E-state index in [2.05, 4.69) is 10.6 Å². The van der Waals surface area contributed by atoms with Gasteiger partial charge >= 0.3 is 0 Å². The van der Waals surface area contributed by atoms with Gasteiger partial charge < -0.3 is 10.6 Å². The lowest BCUT2D eigenvalue weighted by atomic mass is 10.1. The van der Waals surface area contributed by atoms with Crippen molar-refractivity contribution in [3.8, 4) is 0 Å². The molecule has 0 aromatic heterocycles. The highest BCUT2D eigenvalue weighted by atomic mass is 35.5. The molecule has 0 bridgehead atoms. The van der Waals surface area contributed by atoms with Crippen LogP contribution in [0.3, 0.4) is 0 Å². The van der Waals surface area contributed by atoms with E-state index in [4.69, 9.17) is 23.2 Å². The molecule has 1 aromatic carbocycles. The van der Waals surface area contributed by atoms with Gasteiger partial charge in [-0.15, -0.1) is 0 Å². The monoisotopic (exact) mass is 320 g/mol. The van der Waals surface area contributed by atoms with Crippen molar-refractivity contribution in [3.63, 3.8) is 0 Å². The Bertz CT molecular complexity index is 480. The molecule has 3 nitrogen and oxygen atoms in total. The van der Waals surface area contributed by atoms with Crippen LogP contribution in [0.25, 0.3) is 0 Å². The fourth-order valence-corrected chi connectivity index (χ4v) is 2.32. The van der Waals surface area contributed by atoms with Gasteiger partial charge in [0.1, 0.15) is 5.82 Å². The highest BCUT2D eigenvalue weighted by molar-refractivity contribution is 6.35. The lowest BCUT2D eigenvalue weighted by Gasteiger charge is -2.16. The van der Waals surface area contributed by atoms with E-state index >= 15 is 0 Å². The molecule has 0 saturated carbocycles. The topological polar surface area (TPSA) is 41.1 Å². The average molecular weight is 321 g/mol. The fraction of sp³-hybridized carbons (Fsp3) is 0.500. The number of rotatable bonds is 6. The first-order valence-electron chi connectivity index (χ1n) is 6.48. The molecule has 6 heteroatoms. The number of benzene rings is 1. The van der Waals surface area contributed by atoms with Crippen LogP contribution in [-0.2, 0) is 4.79 Å². The standard InChI is InChI=1S/C14H19Cl2FN2O/c1-8(2)19-14(20)4-5-18-9(3)10-6-13(17)12(16)7-11(10)15/h6-9,18H,4-5H2,1-3H3,(H,19,20). The second-order valence-corrected chi connectivity index (χ2v) is 5.75.